The van der Waals surface area contributed by atoms with Crippen LogP contribution >= 0.6 is 11.8 Å². The highest BCUT2D eigenvalue weighted by Crippen LogP contribution is 2.29. The van der Waals surface area contributed by atoms with Crippen molar-refractivity contribution in [2.75, 3.05) is 6.26 Å². The lowest BCUT2D eigenvalue weighted by molar-refractivity contribution is 0.447. The number of hydrogen-bond acceptors (Lipinski definition) is 2. The average molecular weight is 211 g/mol. The van der Waals surface area contributed by atoms with Crippen LogP contribution in [-0.2, 0) is 0 Å². The minimum Gasteiger partial charge on any atom is -0.307 e. The molecule has 2 aliphatic carbocycles. The Bertz CT molecular complexity index is 202. The Morgan fingerprint density at radius 1 is 1.21 bits per heavy atom. The molecule has 3 unspecified atom stereocenters. The van der Waals surface area contributed by atoms with E-state index >= 15 is 0 Å². The minimum atomic E-state index is 0.668. The lowest BCUT2D eigenvalue weighted by atomic mass is 10.0. The quantitative estimate of drug-likeness (QED) is 0.720. The van der Waals surface area contributed by atoms with E-state index in [1.807, 2.05) is 11.8 Å². The highest BCUT2D eigenvalue weighted by atomic mass is 32.2. The van der Waals surface area contributed by atoms with Crippen LogP contribution < -0.4 is 5.32 Å². The molecule has 2 rings (SSSR count). The molecule has 1 saturated carbocycles. The molecule has 14 heavy (non-hydrogen) atoms. The van der Waals surface area contributed by atoms with Gasteiger partial charge < -0.3 is 5.32 Å². The number of rotatable bonds is 3. The molecule has 1 fully saturated rings. The summed E-state index contributed by atoms with van der Waals surface area (Å²) >= 11 is 2.04. The normalized spacial score (nSPS) is 37.6. The standard InChI is InChI=1S/C12H21NS/c1-14-12-9-5-8-11(12)13-10-6-3-2-4-7-10/h3,6,10-13H,2,4-5,7-9H2,1H3. The largest absolute Gasteiger partial charge is 0.307 e. The number of allylic oxidation sites excluding steroid dienone is 1. The SMILES string of the molecule is CSC1CCCC1NC1C=CCCC1. The summed E-state index contributed by atoms with van der Waals surface area (Å²) < 4.78 is 0. The van der Waals surface area contributed by atoms with Crippen molar-refractivity contribution in [3.8, 4) is 0 Å². The van der Waals surface area contributed by atoms with Gasteiger partial charge in [0.2, 0.25) is 0 Å². The summed E-state index contributed by atoms with van der Waals surface area (Å²) in [4.78, 5) is 0. The van der Waals surface area contributed by atoms with Gasteiger partial charge in [0.1, 0.15) is 0 Å². The van der Waals surface area contributed by atoms with Gasteiger partial charge in [-0.3, -0.25) is 0 Å². The molecule has 3 atom stereocenters. The second-order valence-electron chi connectivity index (χ2n) is 4.44. The molecule has 0 amide bonds. The van der Waals surface area contributed by atoms with E-state index in [-0.39, 0.29) is 0 Å². The Kier molecular flexibility index (Phi) is 3.94. The van der Waals surface area contributed by atoms with Gasteiger partial charge in [0, 0.05) is 17.3 Å². The fraction of sp³-hybridized carbons (Fsp3) is 0.833. The van der Waals surface area contributed by atoms with Crippen molar-refractivity contribution in [3.63, 3.8) is 0 Å². The Balaban J connectivity index is 1.83. The van der Waals surface area contributed by atoms with Gasteiger partial charge in [-0.25, -0.2) is 0 Å². The Labute approximate surface area is 91.7 Å². The van der Waals surface area contributed by atoms with Crippen molar-refractivity contribution in [2.45, 2.75) is 55.9 Å². The summed E-state index contributed by atoms with van der Waals surface area (Å²) in [6, 6.07) is 1.44. The third kappa shape index (κ3) is 2.54. The molecule has 0 aromatic heterocycles. The van der Waals surface area contributed by atoms with Crippen molar-refractivity contribution < 1.29 is 0 Å². The van der Waals surface area contributed by atoms with Crippen molar-refractivity contribution in [3.05, 3.63) is 12.2 Å². The van der Waals surface area contributed by atoms with E-state index < -0.39 is 0 Å². The first kappa shape index (κ1) is 10.6. The van der Waals surface area contributed by atoms with Crippen molar-refractivity contribution in [1.82, 2.24) is 5.32 Å². The van der Waals surface area contributed by atoms with Crippen LogP contribution in [0.5, 0.6) is 0 Å². The lowest BCUT2D eigenvalue weighted by Gasteiger charge is -2.26. The number of nitrogens with one attached hydrogen (secondary N) is 1. The maximum absolute atomic E-state index is 3.81. The molecular formula is C12H21NS. The van der Waals surface area contributed by atoms with E-state index in [1.165, 1.54) is 38.5 Å². The summed E-state index contributed by atoms with van der Waals surface area (Å²) in [5.74, 6) is 0. The molecule has 1 nitrogen and oxygen atoms in total. The minimum absolute atomic E-state index is 0.668. The van der Waals surface area contributed by atoms with Crippen LogP contribution in [0.2, 0.25) is 0 Å². The molecule has 0 aromatic rings. The van der Waals surface area contributed by atoms with Crippen LogP contribution in [0.4, 0.5) is 0 Å². The topological polar surface area (TPSA) is 12.0 Å². The van der Waals surface area contributed by atoms with Crippen LogP contribution in [0.15, 0.2) is 12.2 Å². The molecule has 0 aromatic carbocycles. The molecule has 0 spiro atoms. The van der Waals surface area contributed by atoms with E-state index in [9.17, 15) is 0 Å². The summed E-state index contributed by atoms with van der Waals surface area (Å²) in [7, 11) is 0. The van der Waals surface area contributed by atoms with Crippen LogP contribution in [-0.4, -0.2) is 23.6 Å². The zero-order valence-electron chi connectivity index (χ0n) is 9.04. The monoisotopic (exact) mass is 211 g/mol. The van der Waals surface area contributed by atoms with Gasteiger partial charge in [-0.1, -0.05) is 18.6 Å². The van der Waals surface area contributed by atoms with E-state index in [0.717, 1.165) is 11.3 Å². The maximum Gasteiger partial charge on any atom is 0.0253 e. The van der Waals surface area contributed by atoms with Crippen molar-refractivity contribution in [2.24, 2.45) is 0 Å². The predicted octanol–water partition coefficient (Wildman–Crippen LogP) is 2.97. The van der Waals surface area contributed by atoms with E-state index in [0.29, 0.717) is 6.04 Å². The molecule has 2 heteroatoms. The summed E-state index contributed by atoms with van der Waals surface area (Å²) in [6.07, 6.45) is 15.2. The molecule has 0 aliphatic heterocycles. The van der Waals surface area contributed by atoms with Gasteiger partial charge in [0.05, 0.1) is 0 Å². The van der Waals surface area contributed by atoms with Crippen molar-refractivity contribution >= 4 is 11.8 Å². The Morgan fingerprint density at radius 2 is 2.14 bits per heavy atom. The molecular weight excluding hydrogens is 190 g/mol. The van der Waals surface area contributed by atoms with Crippen molar-refractivity contribution in [1.29, 1.82) is 0 Å². The molecule has 80 valence electrons. The summed E-state index contributed by atoms with van der Waals surface area (Å²) in [5, 5.41) is 4.68. The first-order valence-electron chi connectivity index (χ1n) is 5.85. The Hall–Kier alpha value is 0.0500. The van der Waals surface area contributed by atoms with E-state index in [4.69, 9.17) is 0 Å². The van der Waals surface area contributed by atoms with Gasteiger partial charge in [-0.2, -0.15) is 11.8 Å². The maximum atomic E-state index is 3.81. The third-order valence-electron chi connectivity index (χ3n) is 3.44. The second-order valence-corrected chi connectivity index (χ2v) is 5.52. The lowest BCUT2D eigenvalue weighted by Crippen LogP contribution is -2.41. The zero-order valence-corrected chi connectivity index (χ0v) is 9.85. The first-order chi connectivity index (χ1) is 6.90. The molecule has 0 heterocycles. The highest BCUT2D eigenvalue weighted by molar-refractivity contribution is 7.99. The average Bonchev–Trinajstić information content (AvgIpc) is 2.67. The van der Waals surface area contributed by atoms with E-state index in [1.54, 1.807) is 0 Å². The van der Waals surface area contributed by atoms with Crippen LogP contribution in [0.1, 0.15) is 38.5 Å². The number of hydrogen-bond donors (Lipinski definition) is 1. The summed E-state index contributed by atoms with van der Waals surface area (Å²) in [6.45, 7) is 0. The van der Waals surface area contributed by atoms with Gasteiger partial charge in [0.15, 0.2) is 0 Å². The van der Waals surface area contributed by atoms with Gasteiger partial charge in [-0.05, 0) is 38.4 Å². The third-order valence-corrected chi connectivity index (χ3v) is 4.61. The second kappa shape index (κ2) is 5.22. The molecule has 0 saturated heterocycles. The van der Waals surface area contributed by atoms with Crippen LogP contribution in [0.25, 0.3) is 0 Å². The van der Waals surface area contributed by atoms with Gasteiger partial charge >= 0.3 is 0 Å². The Morgan fingerprint density at radius 3 is 2.86 bits per heavy atom. The van der Waals surface area contributed by atoms with Gasteiger partial charge in [0.25, 0.3) is 0 Å². The van der Waals surface area contributed by atoms with Gasteiger partial charge in [-0.15, -0.1) is 0 Å². The van der Waals surface area contributed by atoms with E-state index in [2.05, 4.69) is 23.7 Å². The predicted molar refractivity (Wildman–Crippen MR) is 64.9 cm³/mol. The van der Waals surface area contributed by atoms with Crippen LogP contribution in [0, 0.1) is 0 Å². The molecule has 0 radical (unpaired) electrons. The fourth-order valence-corrected chi connectivity index (χ4v) is 3.57. The highest BCUT2D eigenvalue weighted by Gasteiger charge is 2.27. The first-order valence-corrected chi connectivity index (χ1v) is 7.14. The van der Waals surface area contributed by atoms with Crippen LogP contribution in [0.3, 0.4) is 0 Å². The molecule has 2 aliphatic rings. The molecule has 1 N–H and O–H groups in total. The zero-order chi connectivity index (χ0) is 9.80. The number of thioether (sulfide) groups is 1. The fourth-order valence-electron chi connectivity index (χ4n) is 2.62. The smallest absolute Gasteiger partial charge is 0.0253 e. The summed E-state index contributed by atoms with van der Waals surface area (Å²) in [5.41, 5.74) is 0. The molecule has 0 bridgehead atoms.